The van der Waals surface area contributed by atoms with Gasteiger partial charge in [-0.3, -0.25) is 14.6 Å². The van der Waals surface area contributed by atoms with Crippen LogP contribution >= 0.6 is 0 Å². The van der Waals surface area contributed by atoms with Gasteiger partial charge in [0.1, 0.15) is 0 Å². The number of amides is 1. The molecule has 32 heavy (non-hydrogen) atoms. The first kappa shape index (κ1) is 21.6. The fraction of sp³-hybridized carbons (Fsp3) is 0.654. The number of nitrogens with zero attached hydrogens (tertiary/aromatic N) is 2. The first-order valence-corrected chi connectivity index (χ1v) is 12.4. The Morgan fingerprint density at radius 1 is 1.16 bits per heavy atom. The normalized spacial score (nSPS) is 32.6. The van der Waals surface area contributed by atoms with E-state index in [4.69, 9.17) is 0 Å². The second kappa shape index (κ2) is 8.62. The van der Waals surface area contributed by atoms with Crippen LogP contribution in [0.15, 0.2) is 23.1 Å². The zero-order valence-electron chi connectivity index (χ0n) is 19.6. The zero-order chi connectivity index (χ0) is 22.4. The maximum atomic E-state index is 13.3. The van der Waals surface area contributed by atoms with Crippen molar-refractivity contribution in [2.45, 2.75) is 89.3 Å². The van der Waals surface area contributed by atoms with E-state index in [-0.39, 0.29) is 29.5 Å². The van der Waals surface area contributed by atoms with Gasteiger partial charge in [-0.2, -0.15) is 0 Å². The van der Waals surface area contributed by atoms with Crippen molar-refractivity contribution in [2.24, 2.45) is 18.9 Å². The Morgan fingerprint density at radius 2 is 1.97 bits per heavy atom. The van der Waals surface area contributed by atoms with Gasteiger partial charge in [0.15, 0.2) is 0 Å². The maximum absolute atomic E-state index is 13.3. The van der Waals surface area contributed by atoms with E-state index >= 15 is 0 Å². The molecule has 0 aromatic carbocycles. The summed E-state index contributed by atoms with van der Waals surface area (Å²) < 4.78 is 1.76. The smallest absolute Gasteiger partial charge is 0.254 e. The summed E-state index contributed by atoms with van der Waals surface area (Å²) in [5.74, 6) is 1.39. The predicted molar refractivity (Wildman–Crippen MR) is 127 cm³/mol. The molecule has 3 aliphatic rings. The third-order valence-corrected chi connectivity index (χ3v) is 8.39. The van der Waals surface area contributed by atoms with Crippen molar-refractivity contribution < 1.29 is 4.79 Å². The van der Waals surface area contributed by atoms with Gasteiger partial charge in [0, 0.05) is 42.0 Å². The highest BCUT2D eigenvalue weighted by Gasteiger charge is 2.39. The van der Waals surface area contributed by atoms with Crippen LogP contribution in [-0.4, -0.2) is 33.6 Å². The molecule has 0 spiro atoms. The third-order valence-electron chi connectivity index (χ3n) is 8.39. The molecular formula is C26H36N4O2. The number of nitrogens with one attached hydrogen (secondary N) is 2. The van der Waals surface area contributed by atoms with E-state index in [2.05, 4.69) is 22.5 Å². The van der Waals surface area contributed by atoms with Gasteiger partial charge in [-0.05, 0) is 75.3 Å². The Kier molecular flexibility index (Phi) is 5.82. The molecule has 6 atom stereocenters. The Balaban J connectivity index is 1.33. The summed E-state index contributed by atoms with van der Waals surface area (Å²) in [5.41, 5.74) is 2.78. The van der Waals surface area contributed by atoms with Crippen molar-refractivity contribution in [3.8, 4) is 0 Å². The number of pyridine rings is 2. The number of hydrogen-bond donors (Lipinski definition) is 2. The number of fused-ring (bicyclic) bond motifs is 2. The van der Waals surface area contributed by atoms with Crippen molar-refractivity contribution in [3.05, 3.63) is 39.9 Å². The number of carbonyl (C=O) groups is 1. The van der Waals surface area contributed by atoms with Crippen molar-refractivity contribution in [3.63, 3.8) is 0 Å². The van der Waals surface area contributed by atoms with E-state index in [1.165, 1.54) is 25.7 Å². The third kappa shape index (κ3) is 3.98. The summed E-state index contributed by atoms with van der Waals surface area (Å²) in [6, 6.07) is 4.61. The largest absolute Gasteiger partial charge is 0.352 e. The highest BCUT2D eigenvalue weighted by atomic mass is 16.2. The SMILES string of the molecule is Cc1cc2c(cn1)cc(C1CC(NC(=O)C3CC4CCCCC4N3)CCC1C)c(=O)n2C. The van der Waals surface area contributed by atoms with Crippen LogP contribution in [0.2, 0.25) is 0 Å². The van der Waals surface area contributed by atoms with Gasteiger partial charge in [-0.25, -0.2) is 0 Å². The number of hydrogen-bond acceptors (Lipinski definition) is 4. The molecule has 6 unspecified atom stereocenters. The summed E-state index contributed by atoms with van der Waals surface area (Å²) in [7, 11) is 1.85. The lowest BCUT2D eigenvalue weighted by molar-refractivity contribution is -0.123. The van der Waals surface area contributed by atoms with Crippen molar-refractivity contribution in [1.29, 1.82) is 0 Å². The molecule has 2 N–H and O–H groups in total. The van der Waals surface area contributed by atoms with Crippen LogP contribution < -0.4 is 16.2 Å². The van der Waals surface area contributed by atoms with E-state index in [1.54, 1.807) is 4.57 Å². The standard InChI is InChI=1S/C26H36N4O2/c1-15-8-9-19(28-25(31)23-12-17-6-4-5-7-22(17)29-23)13-20(15)21-11-18-14-27-16(2)10-24(18)30(3)26(21)32/h10-11,14-15,17,19-20,22-23,29H,4-9,12-13H2,1-3H3,(H,28,31). The number of carbonyl (C=O) groups excluding carboxylic acids is 1. The molecule has 2 aliphatic carbocycles. The van der Waals surface area contributed by atoms with E-state index < -0.39 is 0 Å². The van der Waals surface area contributed by atoms with Crippen LogP contribution in [0.25, 0.3) is 10.9 Å². The first-order chi connectivity index (χ1) is 15.4. The van der Waals surface area contributed by atoms with Gasteiger partial charge >= 0.3 is 0 Å². The number of aryl methyl sites for hydroxylation is 2. The quantitative estimate of drug-likeness (QED) is 0.772. The fourth-order valence-electron chi connectivity index (χ4n) is 6.47. The van der Waals surface area contributed by atoms with Gasteiger partial charge in [0.2, 0.25) is 5.91 Å². The molecule has 1 saturated heterocycles. The molecule has 2 saturated carbocycles. The summed E-state index contributed by atoms with van der Waals surface area (Å²) in [6.45, 7) is 4.19. The van der Waals surface area contributed by atoms with Gasteiger partial charge in [-0.1, -0.05) is 19.8 Å². The molecule has 1 amide bonds. The molecule has 2 aromatic heterocycles. The van der Waals surface area contributed by atoms with Gasteiger partial charge in [-0.15, -0.1) is 0 Å². The van der Waals surface area contributed by atoms with Crippen LogP contribution in [0.1, 0.15) is 75.5 Å². The summed E-state index contributed by atoms with van der Waals surface area (Å²) >= 11 is 0. The van der Waals surface area contributed by atoms with Crippen LogP contribution in [-0.2, 0) is 11.8 Å². The molecule has 172 valence electrons. The van der Waals surface area contributed by atoms with Crippen LogP contribution in [0.5, 0.6) is 0 Å². The van der Waals surface area contributed by atoms with Crippen LogP contribution in [0, 0.1) is 18.8 Å². The molecule has 3 fully saturated rings. The zero-order valence-corrected chi connectivity index (χ0v) is 19.6. The number of aromatic nitrogens is 2. The van der Waals surface area contributed by atoms with E-state index in [9.17, 15) is 9.59 Å². The van der Waals surface area contributed by atoms with Crippen LogP contribution in [0.3, 0.4) is 0 Å². The van der Waals surface area contributed by atoms with Crippen molar-refractivity contribution in [1.82, 2.24) is 20.2 Å². The molecule has 0 radical (unpaired) electrons. The van der Waals surface area contributed by atoms with Gasteiger partial charge in [0.25, 0.3) is 5.56 Å². The molecule has 2 aromatic rings. The predicted octanol–water partition coefficient (Wildman–Crippen LogP) is 3.55. The summed E-state index contributed by atoms with van der Waals surface area (Å²) in [5, 5.41) is 7.95. The molecular weight excluding hydrogens is 400 g/mol. The highest BCUT2D eigenvalue weighted by Crippen LogP contribution is 2.38. The summed E-state index contributed by atoms with van der Waals surface area (Å²) in [4.78, 5) is 30.8. The highest BCUT2D eigenvalue weighted by molar-refractivity contribution is 5.82. The average Bonchev–Trinajstić information content (AvgIpc) is 3.23. The van der Waals surface area contributed by atoms with E-state index in [1.807, 2.05) is 32.3 Å². The minimum atomic E-state index is -0.0521. The summed E-state index contributed by atoms with van der Waals surface area (Å²) in [6.07, 6.45) is 10.7. The first-order valence-electron chi connectivity index (χ1n) is 12.4. The van der Waals surface area contributed by atoms with Crippen molar-refractivity contribution >= 4 is 16.8 Å². The lowest BCUT2D eigenvalue weighted by Gasteiger charge is -2.35. The minimum absolute atomic E-state index is 0.0521. The van der Waals surface area contributed by atoms with E-state index in [0.717, 1.165) is 47.8 Å². The Hall–Kier alpha value is -2.21. The van der Waals surface area contributed by atoms with Crippen LogP contribution in [0.4, 0.5) is 0 Å². The maximum Gasteiger partial charge on any atom is 0.254 e. The van der Waals surface area contributed by atoms with Gasteiger partial charge in [0.05, 0.1) is 11.6 Å². The Bertz CT molecular complexity index is 1060. The molecule has 0 bridgehead atoms. The lowest BCUT2D eigenvalue weighted by Crippen LogP contribution is -2.48. The molecule has 3 heterocycles. The molecule has 1 aliphatic heterocycles. The van der Waals surface area contributed by atoms with E-state index in [0.29, 0.717) is 17.9 Å². The fourth-order valence-corrected chi connectivity index (χ4v) is 6.47. The lowest BCUT2D eigenvalue weighted by atomic mass is 9.74. The minimum Gasteiger partial charge on any atom is -0.352 e. The Morgan fingerprint density at radius 3 is 2.78 bits per heavy atom. The molecule has 5 rings (SSSR count). The molecule has 6 nitrogen and oxygen atoms in total. The molecule has 6 heteroatoms. The Labute approximate surface area is 190 Å². The second-order valence-electron chi connectivity index (χ2n) is 10.6. The second-order valence-corrected chi connectivity index (χ2v) is 10.6. The number of rotatable bonds is 3. The average molecular weight is 437 g/mol. The van der Waals surface area contributed by atoms with Gasteiger partial charge < -0.3 is 15.2 Å². The van der Waals surface area contributed by atoms with Crippen molar-refractivity contribution in [2.75, 3.05) is 0 Å². The monoisotopic (exact) mass is 436 g/mol. The topological polar surface area (TPSA) is 76.0 Å².